The van der Waals surface area contributed by atoms with Crippen LogP contribution in [0.5, 0.6) is 5.75 Å². The SMILES string of the molecule is Cc1cc(OC(F)F)c(C(=O)NC(CN)C2CC2)s1.Cl. The molecule has 4 nitrogen and oxygen atoms in total. The molecular weight excluding hydrogens is 310 g/mol. The van der Waals surface area contributed by atoms with Crippen LogP contribution in [0.2, 0.25) is 0 Å². The van der Waals surface area contributed by atoms with Crippen molar-refractivity contribution in [1.29, 1.82) is 0 Å². The Hall–Kier alpha value is -0.920. The summed E-state index contributed by atoms with van der Waals surface area (Å²) in [7, 11) is 0. The fourth-order valence-corrected chi connectivity index (χ4v) is 2.78. The predicted molar refractivity (Wildman–Crippen MR) is 76.0 cm³/mol. The van der Waals surface area contributed by atoms with E-state index in [9.17, 15) is 13.6 Å². The molecule has 2 rings (SSSR count). The van der Waals surface area contributed by atoms with E-state index in [0.717, 1.165) is 29.1 Å². The zero-order chi connectivity index (χ0) is 14.0. The van der Waals surface area contributed by atoms with Crippen molar-refractivity contribution in [1.82, 2.24) is 5.32 Å². The van der Waals surface area contributed by atoms with E-state index >= 15 is 0 Å². The number of nitrogens with one attached hydrogen (secondary N) is 1. The highest BCUT2D eigenvalue weighted by Gasteiger charge is 2.32. The number of carbonyl (C=O) groups is 1. The van der Waals surface area contributed by atoms with E-state index in [1.807, 2.05) is 0 Å². The Balaban J connectivity index is 0.00000200. The molecule has 1 amide bonds. The highest BCUT2D eigenvalue weighted by Crippen LogP contribution is 2.34. The molecule has 3 N–H and O–H groups in total. The lowest BCUT2D eigenvalue weighted by atomic mass is 10.2. The number of alkyl halides is 2. The number of thiophene rings is 1. The maximum absolute atomic E-state index is 12.3. The van der Waals surface area contributed by atoms with Gasteiger partial charge in [-0.25, -0.2) is 0 Å². The third-order valence-corrected chi connectivity index (χ3v) is 4.04. The molecule has 0 aromatic carbocycles. The normalized spacial score (nSPS) is 15.7. The summed E-state index contributed by atoms with van der Waals surface area (Å²) >= 11 is 1.14. The molecule has 1 aromatic rings. The maximum atomic E-state index is 12.3. The number of hydrogen-bond donors (Lipinski definition) is 2. The van der Waals surface area contributed by atoms with Gasteiger partial charge in [0.1, 0.15) is 10.6 Å². The zero-order valence-corrected chi connectivity index (χ0v) is 12.5. The molecule has 0 aliphatic heterocycles. The van der Waals surface area contributed by atoms with E-state index in [-0.39, 0.29) is 29.1 Å². The topological polar surface area (TPSA) is 64.3 Å². The molecule has 0 spiro atoms. The molecule has 1 aromatic heterocycles. The number of aryl methyl sites for hydroxylation is 1. The van der Waals surface area contributed by atoms with Crippen LogP contribution >= 0.6 is 23.7 Å². The molecule has 1 heterocycles. The van der Waals surface area contributed by atoms with E-state index in [2.05, 4.69) is 10.1 Å². The number of nitrogens with two attached hydrogens (primary N) is 1. The lowest BCUT2D eigenvalue weighted by molar-refractivity contribution is -0.0498. The van der Waals surface area contributed by atoms with Gasteiger partial charge in [0, 0.05) is 17.5 Å². The first kappa shape index (κ1) is 17.1. The summed E-state index contributed by atoms with van der Waals surface area (Å²) in [5.41, 5.74) is 5.60. The molecule has 1 unspecified atom stereocenters. The zero-order valence-electron chi connectivity index (χ0n) is 10.9. The van der Waals surface area contributed by atoms with Crippen molar-refractivity contribution in [3.8, 4) is 5.75 Å². The number of carbonyl (C=O) groups excluding carboxylic acids is 1. The summed E-state index contributed by atoms with van der Waals surface area (Å²) in [5.74, 6) is -0.0489. The van der Waals surface area contributed by atoms with Crippen molar-refractivity contribution < 1.29 is 18.3 Å². The highest BCUT2D eigenvalue weighted by atomic mass is 35.5. The van der Waals surface area contributed by atoms with Crippen LogP contribution in [0.4, 0.5) is 8.78 Å². The molecular formula is C12H17ClF2N2O2S. The van der Waals surface area contributed by atoms with E-state index in [1.165, 1.54) is 6.07 Å². The Morgan fingerprint density at radius 2 is 2.25 bits per heavy atom. The molecule has 0 bridgehead atoms. The van der Waals surface area contributed by atoms with Crippen LogP contribution in [-0.2, 0) is 0 Å². The number of hydrogen-bond acceptors (Lipinski definition) is 4. The van der Waals surface area contributed by atoms with Crippen molar-refractivity contribution >= 4 is 29.7 Å². The predicted octanol–water partition coefficient (Wildman–Crippen LogP) is 2.55. The van der Waals surface area contributed by atoms with E-state index in [1.54, 1.807) is 6.92 Å². The summed E-state index contributed by atoms with van der Waals surface area (Å²) < 4.78 is 28.9. The molecule has 0 radical (unpaired) electrons. The largest absolute Gasteiger partial charge is 0.433 e. The highest BCUT2D eigenvalue weighted by molar-refractivity contribution is 7.14. The smallest absolute Gasteiger partial charge is 0.387 e. The maximum Gasteiger partial charge on any atom is 0.387 e. The molecule has 1 saturated carbocycles. The van der Waals surface area contributed by atoms with Gasteiger partial charge < -0.3 is 15.8 Å². The minimum Gasteiger partial charge on any atom is -0.433 e. The van der Waals surface area contributed by atoms with Gasteiger partial charge in [0.25, 0.3) is 5.91 Å². The number of halogens is 3. The quantitative estimate of drug-likeness (QED) is 0.844. The van der Waals surface area contributed by atoms with Gasteiger partial charge in [-0.15, -0.1) is 23.7 Å². The molecule has 1 fully saturated rings. The van der Waals surface area contributed by atoms with Crippen molar-refractivity contribution in [2.75, 3.05) is 6.54 Å². The number of rotatable bonds is 6. The fraction of sp³-hybridized carbons (Fsp3) is 0.583. The fourth-order valence-electron chi connectivity index (χ4n) is 1.93. The standard InChI is InChI=1S/C12H16F2N2O2S.ClH/c1-6-4-9(18-12(13)14)10(19-6)11(17)16-8(5-15)7-2-3-7;/h4,7-8,12H,2-3,5,15H2,1H3,(H,16,17);1H. The average Bonchev–Trinajstić information content (AvgIpc) is 3.10. The van der Waals surface area contributed by atoms with Crippen molar-refractivity contribution in [3.63, 3.8) is 0 Å². The molecule has 114 valence electrons. The van der Waals surface area contributed by atoms with E-state index in [0.29, 0.717) is 12.5 Å². The first-order valence-electron chi connectivity index (χ1n) is 6.07. The lowest BCUT2D eigenvalue weighted by Crippen LogP contribution is -2.41. The minimum atomic E-state index is -2.94. The van der Waals surface area contributed by atoms with Crippen LogP contribution in [0.3, 0.4) is 0 Å². The molecule has 1 aliphatic carbocycles. The van der Waals surface area contributed by atoms with Crippen LogP contribution in [0, 0.1) is 12.8 Å². The summed E-state index contributed by atoms with van der Waals surface area (Å²) in [6.07, 6.45) is 2.10. The molecule has 8 heteroatoms. The molecule has 0 saturated heterocycles. The minimum absolute atomic E-state index is 0. The molecule has 1 atom stereocenters. The summed E-state index contributed by atoms with van der Waals surface area (Å²) in [6.45, 7) is -0.846. The second kappa shape index (κ2) is 7.19. The summed E-state index contributed by atoms with van der Waals surface area (Å²) in [4.78, 5) is 13.0. The van der Waals surface area contributed by atoms with Crippen molar-refractivity contribution in [2.45, 2.75) is 32.4 Å². The Morgan fingerprint density at radius 1 is 1.60 bits per heavy atom. The Morgan fingerprint density at radius 3 is 2.75 bits per heavy atom. The van der Waals surface area contributed by atoms with Crippen molar-refractivity contribution in [2.24, 2.45) is 11.7 Å². The third-order valence-electron chi connectivity index (χ3n) is 3.00. The van der Waals surface area contributed by atoms with Gasteiger partial charge in [-0.3, -0.25) is 4.79 Å². The van der Waals surface area contributed by atoms with Crippen LogP contribution < -0.4 is 15.8 Å². The van der Waals surface area contributed by atoms with Gasteiger partial charge in [-0.1, -0.05) is 0 Å². The van der Waals surface area contributed by atoms with Gasteiger partial charge >= 0.3 is 6.61 Å². The van der Waals surface area contributed by atoms with E-state index < -0.39 is 12.5 Å². The number of ether oxygens (including phenoxy) is 1. The Kier molecular flexibility index (Phi) is 6.16. The molecule has 1 aliphatic rings. The van der Waals surface area contributed by atoms with Gasteiger partial charge in [-0.05, 0) is 31.7 Å². The second-order valence-electron chi connectivity index (χ2n) is 4.58. The van der Waals surface area contributed by atoms with Crippen LogP contribution in [0.1, 0.15) is 27.4 Å². The first-order chi connectivity index (χ1) is 9.01. The van der Waals surface area contributed by atoms with Gasteiger partial charge in [0.2, 0.25) is 0 Å². The first-order valence-corrected chi connectivity index (χ1v) is 6.89. The van der Waals surface area contributed by atoms with Gasteiger partial charge in [0.05, 0.1) is 0 Å². The lowest BCUT2D eigenvalue weighted by Gasteiger charge is -2.15. The van der Waals surface area contributed by atoms with Crippen LogP contribution in [-0.4, -0.2) is 25.1 Å². The Labute approximate surface area is 126 Å². The van der Waals surface area contributed by atoms with Gasteiger partial charge in [-0.2, -0.15) is 8.78 Å². The van der Waals surface area contributed by atoms with Crippen LogP contribution in [0.25, 0.3) is 0 Å². The second-order valence-corrected chi connectivity index (χ2v) is 5.84. The average molecular weight is 327 g/mol. The Bertz CT molecular complexity index is 466. The molecule has 20 heavy (non-hydrogen) atoms. The third kappa shape index (κ3) is 4.29. The van der Waals surface area contributed by atoms with Crippen molar-refractivity contribution in [3.05, 3.63) is 15.8 Å². The summed E-state index contributed by atoms with van der Waals surface area (Å²) in [6, 6.07) is 1.36. The van der Waals surface area contributed by atoms with E-state index in [4.69, 9.17) is 5.73 Å². The summed E-state index contributed by atoms with van der Waals surface area (Å²) in [5, 5.41) is 2.79. The number of amides is 1. The monoisotopic (exact) mass is 326 g/mol. The van der Waals surface area contributed by atoms with Gasteiger partial charge in [0.15, 0.2) is 0 Å². The van der Waals surface area contributed by atoms with Crippen LogP contribution in [0.15, 0.2) is 6.07 Å².